The lowest BCUT2D eigenvalue weighted by molar-refractivity contribution is 0.431. The highest BCUT2D eigenvalue weighted by Crippen LogP contribution is 2.18. The zero-order chi connectivity index (χ0) is 12.5. The molecular formula is C13H26N2S2. The SMILES string of the molecule is CN(C)CCSC(=S)NC1CCCCCCC1. The molecule has 17 heavy (non-hydrogen) atoms. The van der Waals surface area contributed by atoms with Crippen molar-refractivity contribution in [1.82, 2.24) is 10.2 Å². The van der Waals surface area contributed by atoms with Crippen molar-refractivity contribution in [2.75, 3.05) is 26.4 Å². The molecule has 0 aliphatic heterocycles. The van der Waals surface area contributed by atoms with E-state index in [-0.39, 0.29) is 0 Å². The lowest BCUT2D eigenvalue weighted by atomic mass is 9.97. The van der Waals surface area contributed by atoms with Crippen molar-refractivity contribution in [3.63, 3.8) is 0 Å². The molecule has 1 saturated carbocycles. The van der Waals surface area contributed by atoms with Crippen LogP contribution in [0.4, 0.5) is 0 Å². The first-order valence-corrected chi connectivity index (χ1v) is 8.16. The average molecular weight is 274 g/mol. The van der Waals surface area contributed by atoms with Gasteiger partial charge in [0.05, 0.1) is 0 Å². The molecule has 0 bridgehead atoms. The number of rotatable bonds is 4. The van der Waals surface area contributed by atoms with E-state index in [0.717, 1.165) is 16.6 Å². The van der Waals surface area contributed by atoms with E-state index in [1.54, 1.807) is 11.8 Å². The monoisotopic (exact) mass is 274 g/mol. The molecule has 1 aliphatic carbocycles. The summed E-state index contributed by atoms with van der Waals surface area (Å²) in [5.41, 5.74) is 0. The summed E-state index contributed by atoms with van der Waals surface area (Å²) in [6.07, 6.45) is 9.56. The number of thioether (sulfide) groups is 1. The van der Waals surface area contributed by atoms with Crippen molar-refractivity contribution in [3.05, 3.63) is 0 Å². The molecule has 0 amide bonds. The minimum absolute atomic E-state index is 0.634. The lowest BCUT2D eigenvalue weighted by Gasteiger charge is -2.22. The second kappa shape index (κ2) is 9.17. The number of nitrogens with zero attached hydrogens (tertiary/aromatic N) is 1. The zero-order valence-electron chi connectivity index (χ0n) is 11.2. The Hall–Kier alpha value is 0.200. The molecule has 0 heterocycles. The normalized spacial score (nSPS) is 18.8. The minimum atomic E-state index is 0.634. The fourth-order valence-corrected chi connectivity index (χ4v) is 3.44. The average Bonchev–Trinajstić information content (AvgIpc) is 2.21. The summed E-state index contributed by atoms with van der Waals surface area (Å²) in [6, 6.07) is 0.634. The number of nitrogens with one attached hydrogen (secondary N) is 1. The van der Waals surface area contributed by atoms with Crippen molar-refractivity contribution in [3.8, 4) is 0 Å². The van der Waals surface area contributed by atoms with Crippen LogP contribution in [0.15, 0.2) is 0 Å². The Morgan fingerprint density at radius 3 is 2.35 bits per heavy atom. The first-order valence-electron chi connectivity index (χ1n) is 6.76. The third-order valence-electron chi connectivity index (χ3n) is 3.20. The summed E-state index contributed by atoms with van der Waals surface area (Å²) in [6.45, 7) is 1.09. The summed E-state index contributed by atoms with van der Waals surface area (Å²) < 4.78 is 0.998. The first-order chi connectivity index (χ1) is 8.18. The summed E-state index contributed by atoms with van der Waals surface area (Å²) in [7, 11) is 4.21. The van der Waals surface area contributed by atoms with Gasteiger partial charge in [-0.1, -0.05) is 56.1 Å². The Morgan fingerprint density at radius 2 is 1.76 bits per heavy atom. The van der Waals surface area contributed by atoms with Crippen LogP contribution in [0.3, 0.4) is 0 Å². The molecule has 4 heteroatoms. The van der Waals surface area contributed by atoms with Crippen LogP contribution in [0.25, 0.3) is 0 Å². The van der Waals surface area contributed by atoms with Crippen molar-refractivity contribution in [2.24, 2.45) is 0 Å². The number of hydrogen-bond acceptors (Lipinski definition) is 3. The molecule has 0 unspecified atom stereocenters. The van der Waals surface area contributed by atoms with Gasteiger partial charge in [0.15, 0.2) is 0 Å². The van der Waals surface area contributed by atoms with E-state index < -0.39 is 0 Å². The van der Waals surface area contributed by atoms with Crippen molar-refractivity contribution >= 4 is 28.3 Å². The van der Waals surface area contributed by atoms with Crippen molar-refractivity contribution in [1.29, 1.82) is 0 Å². The van der Waals surface area contributed by atoms with Gasteiger partial charge in [-0.2, -0.15) is 0 Å². The Bertz CT molecular complexity index is 211. The second-order valence-electron chi connectivity index (χ2n) is 5.13. The van der Waals surface area contributed by atoms with Gasteiger partial charge >= 0.3 is 0 Å². The fourth-order valence-electron chi connectivity index (χ4n) is 2.13. The number of thiocarbonyl (C=S) groups is 1. The largest absolute Gasteiger partial charge is 0.368 e. The van der Waals surface area contributed by atoms with Gasteiger partial charge in [-0.25, -0.2) is 0 Å². The lowest BCUT2D eigenvalue weighted by Crippen LogP contribution is -2.33. The second-order valence-corrected chi connectivity index (χ2v) is 6.90. The maximum atomic E-state index is 5.40. The van der Waals surface area contributed by atoms with E-state index in [1.807, 2.05) is 0 Å². The molecule has 1 fully saturated rings. The molecule has 0 atom stereocenters. The van der Waals surface area contributed by atoms with Gasteiger partial charge in [0.2, 0.25) is 0 Å². The van der Waals surface area contributed by atoms with Crippen LogP contribution in [-0.4, -0.2) is 41.7 Å². The maximum Gasteiger partial charge on any atom is 0.134 e. The topological polar surface area (TPSA) is 15.3 Å². The molecule has 0 spiro atoms. The molecule has 2 nitrogen and oxygen atoms in total. The molecule has 100 valence electrons. The van der Waals surface area contributed by atoms with Crippen molar-refractivity contribution < 1.29 is 0 Å². The van der Waals surface area contributed by atoms with Gasteiger partial charge in [0, 0.05) is 18.3 Å². The van der Waals surface area contributed by atoms with Crippen LogP contribution < -0.4 is 5.32 Å². The Kier molecular flexibility index (Phi) is 8.23. The van der Waals surface area contributed by atoms with Crippen LogP contribution in [0, 0.1) is 0 Å². The Balaban J connectivity index is 2.14. The number of hydrogen-bond donors (Lipinski definition) is 1. The highest BCUT2D eigenvalue weighted by molar-refractivity contribution is 8.22. The molecule has 1 aliphatic rings. The van der Waals surface area contributed by atoms with E-state index in [1.165, 1.54) is 44.9 Å². The molecule has 0 aromatic rings. The molecule has 0 radical (unpaired) electrons. The predicted molar refractivity (Wildman–Crippen MR) is 82.9 cm³/mol. The van der Waals surface area contributed by atoms with Gasteiger partial charge < -0.3 is 10.2 Å². The van der Waals surface area contributed by atoms with E-state index in [4.69, 9.17) is 12.2 Å². The van der Waals surface area contributed by atoms with Crippen LogP contribution >= 0.6 is 24.0 Å². The smallest absolute Gasteiger partial charge is 0.134 e. The van der Waals surface area contributed by atoms with Gasteiger partial charge in [-0.05, 0) is 26.9 Å². The maximum absolute atomic E-state index is 5.40. The molecule has 1 rings (SSSR count). The third kappa shape index (κ3) is 8.01. The third-order valence-corrected chi connectivity index (χ3v) is 4.44. The van der Waals surface area contributed by atoms with E-state index in [0.29, 0.717) is 6.04 Å². The van der Waals surface area contributed by atoms with Gasteiger partial charge in [0.25, 0.3) is 0 Å². The summed E-state index contributed by atoms with van der Waals surface area (Å²) in [4.78, 5) is 2.20. The standard InChI is InChI=1S/C13H26N2S2/c1-15(2)10-11-17-13(16)14-12-8-6-4-3-5-7-9-12/h12H,3-11H2,1-2H3,(H,14,16). The highest BCUT2D eigenvalue weighted by atomic mass is 32.2. The van der Waals surface area contributed by atoms with Gasteiger partial charge in [0.1, 0.15) is 4.32 Å². The predicted octanol–water partition coefficient (Wildman–Crippen LogP) is 3.27. The van der Waals surface area contributed by atoms with Crippen LogP contribution in [-0.2, 0) is 0 Å². The fraction of sp³-hybridized carbons (Fsp3) is 0.923. The minimum Gasteiger partial charge on any atom is -0.368 e. The molecule has 0 aromatic heterocycles. The van der Waals surface area contributed by atoms with Gasteiger partial charge in [-0.15, -0.1) is 0 Å². The van der Waals surface area contributed by atoms with Crippen LogP contribution in [0.5, 0.6) is 0 Å². The summed E-state index contributed by atoms with van der Waals surface area (Å²) in [5, 5.41) is 3.54. The van der Waals surface area contributed by atoms with Gasteiger partial charge in [-0.3, -0.25) is 0 Å². The van der Waals surface area contributed by atoms with Crippen LogP contribution in [0.2, 0.25) is 0 Å². The molecular weight excluding hydrogens is 248 g/mol. The Labute approximate surface area is 116 Å². The Morgan fingerprint density at radius 1 is 1.18 bits per heavy atom. The molecule has 1 N–H and O–H groups in total. The van der Waals surface area contributed by atoms with E-state index in [2.05, 4.69) is 24.3 Å². The summed E-state index contributed by atoms with van der Waals surface area (Å²) in [5.74, 6) is 1.09. The van der Waals surface area contributed by atoms with E-state index in [9.17, 15) is 0 Å². The zero-order valence-corrected chi connectivity index (χ0v) is 12.8. The first kappa shape index (κ1) is 15.3. The van der Waals surface area contributed by atoms with Crippen LogP contribution in [0.1, 0.15) is 44.9 Å². The molecule has 0 aromatic carbocycles. The highest BCUT2D eigenvalue weighted by Gasteiger charge is 2.12. The summed E-state index contributed by atoms with van der Waals surface area (Å²) >= 11 is 7.19. The molecule has 0 saturated heterocycles. The van der Waals surface area contributed by atoms with E-state index >= 15 is 0 Å². The quantitative estimate of drug-likeness (QED) is 0.791. The van der Waals surface area contributed by atoms with Crippen molar-refractivity contribution in [2.45, 2.75) is 51.0 Å².